The highest BCUT2D eigenvalue weighted by atomic mass is 35.5. The van der Waals surface area contributed by atoms with Crippen LogP contribution in [0.25, 0.3) is 0 Å². The van der Waals surface area contributed by atoms with Crippen LogP contribution in [-0.4, -0.2) is 19.0 Å². The summed E-state index contributed by atoms with van der Waals surface area (Å²) in [5.74, 6) is -1.23. The van der Waals surface area contributed by atoms with Crippen LogP contribution in [0.2, 0.25) is 5.02 Å². The molecule has 0 atom stereocenters. The molecule has 1 aromatic carbocycles. The van der Waals surface area contributed by atoms with Crippen molar-refractivity contribution in [3.05, 3.63) is 34.9 Å². The molecule has 86 valence electrons. The zero-order valence-corrected chi connectivity index (χ0v) is 9.49. The number of hydrogen-bond donors (Lipinski definition) is 0. The van der Waals surface area contributed by atoms with E-state index in [1.54, 1.807) is 24.3 Å². The van der Waals surface area contributed by atoms with Crippen LogP contribution in [-0.2, 0) is 25.7 Å². The van der Waals surface area contributed by atoms with E-state index in [0.717, 1.165) is 5.56 Å². The first kappa shape index (κ1) is 12.5. The van der Waals surface area contributed by atoms with Gasteiger partial charge in [0, 0.05) is 5.02 Å². The summed E-state index contributed by atoms with van der Waals surface area (Å²) in [6.07, 6.45) is -0.378. The number of esters is 2. The molecule has 0 amide bonds. The molecule has 0 spiro atoms. The van der Waals surface area contributed by atoms with Gasteiger partial charge in [-0.15, -0.1) is 0 Å². The molecule has 16 heavy (non-hydrogen) atoms. The molecule has 1 rings (SSSR count). The average molecular weight is 243 g/mol. The van der Waals surface area contributed by atoms with E-state index >= 15 is 0 Å². The van der Waals surface area contributed by atoms with E-state index in [0.29, 0.717) is 5.02 Å². The third-order valence-corrected chi connectivity index (χ3v) is 2.04. The van der Waals surface area contributed by atoms with Gasteiger partial charge in [0.1, 0.15) is 13.0 Å². The predicted octanol–water partition coefficient (Wildman–Crippen LogP) is 1.95. The first-order valence-corrected chi connectivity index (χ1v) is 4.96. The molecule has 5 heteroatoms. The van der Waals surface area contributed by atoms with Crippen molar-refractivity contribution in [3.8, 4) is 0 Å². The highest BCUT2D eigenvalue weighted by Gasteiger charge is 2.10. The van der Waals surface area contributed by atoms with Gasteiger partial charge in [-0.1, -0.05) is 23.7 Å². The van der Waals surface area contributed by atoms with Crippen molar-refractivity contribution in [1.29, 1.82) is 0 Å². The lowest BCUT2D eigenvalue weighted by atomic mass is 10.2. The van der Waals surface area contributed by atoms with Crippen LogP contribution < -0.4 is 0 Å². The summed E-state index contributed by atoms with van der Waals surface area (Å²) in [6.45, 7) is 0.0936. The van der Waals surface area contributed by atoms with E-state index in [4.69, 9.17) is 16.3 Å². The summed E-state index contributed by atoms with van der Waals surface area (Å²) < 4.78 is 9.19. The van der Waals surface area contributed by atoms with Gasteiger partial charge in [0.2, 0.25) is 0 Å². The second-order valence-electron chi connectivity index (χ2n) is 3.04. The highest BCUT2D eigenvalue weighted by Crippen LogP contribution is 2.11. The predicted molar refractivity (Wildman–Crippen MR) is 57.9 cm³/mol. The SMILES string of the molecule is COC(=O)CC(=O)OCc1cccc(Cl)c1. The number of halogens is 1. The summed E-state index contributed by atoms with van der Waals surface area (Å²) in [4.78, 5) is 21.9. The van der Waals surface area contributed by atoms with Gasteiger partial charge in [0.25, 0.3) is 0 Å². The zero-order valence-electron chi connectivity index (χ0n) is 8.73. The number of ether oxygens (including phenoxy) is 2. The first-order chi connectivity index (χ1) is 7.61. The molecule has 1 aromatic rings. The van der Waals surface area contributed by atoms with Gasteiger partial charge >= 0.3 is 11.9 Å². The quantitative estimate of drug-likeness (QED) is 0.598. The van der Waals surface area contributed by atoms with Gasteiger partial charge < -0.3 is 9.47 Å². The fourth-order valence-electron chi connectivity index (χ4n) is 1.03. The Morgan fingerprint density at radius 2 is 2.06 bits per heavy atom. The van der Waals surface area contributed by atoms with Gasteiger partial charge in [0.05, 0.1) is 7.11 Å². The van der Waals surface area contributed by atoms with Crippen molar-refractivity contribution in [2.24, 2.45) is 0 Å². The van der Waals surface area contributed by atoms with Crippen molar-refractivity contribution in [3.63, 3.8) is 0 Å². The monoisotopic (exact) mass is 242 g/mol. The fourth-order valence-corrected chi connectivity index (χ4v) is 1.24. The van der Waals surface area contributed by atoms with Crippen LogP contribution in [0.1, 0.15) is 12.0 Å². The Bertz CT molecular complexity index is 389. The summed E-state index contributed by atoms with van der Waals surface area (Å²) in [7, 11) is 1.21. The lowest BCUT2D eigenvalue weighted by molar-refractivity contribution is -0.153. The second-order valence-corrected chi connectivity index (χ2v) is 3.48. The number of rotatable bonds is 4. The molecule has 0 unspecified atom stereocenters. The van der Waals surface area contributed by atoms with E-state index < -0.39 is 11.9 Å². The van der Waals surface area contributed by atoms with Crippen LogP contribution in [0.4, 0.5) is 0 Å². The fraction of sp³-hybridized carbons (Fsp3) is 0.273. The van der Waals surface area contributed by atoms with Crippen molar-refractivity contribution >= 4 is 23.5 Å². The second kappa shape index (κ2) is 6.12. The Hall–Kier alpha value is -1.55. The first-order valence-electron chi connectivity index (χ1n) is 4.58. The molecule has 0 heterocycles. The Morgan fingerprint density at radius 3 is 2.69 bits per heavy atom. The Morgan fingerprint density at radius 1 is 1.31 bits per heavy atom. The van der Waals surface area contributed by atoms with Crippen LogP contribution in [0, 0.1) is 0 Å². The maximum absolute atomic E-state index is 11.1. The molecular formula is C11H11ClO4. The summed E-state index contributed by atoms with van der Waals surface area (Å²) >= 11 is 5.75. The van der Waals surface area contributed by atoms with Crippen molar-refractivity contribution in [2.75, 3.05) is 7.11 Å². The zero-order chi connectivity index (χ0) is 12.0. The van der Waals surface area contributed by atoms with Crippen LogP contribution in [0.3, 0.4) is 0 Å². The minimum absolute atomic E-state index is 0.0936. The number of carbonyl (C=O) groups excluding carboxylic acids is 2. The largest absolute Gasteiger partial charge is 0.469 e. The molecule has 0 saturated heterocycles. The molecule has 0 fully saturated rings. The summed E-state index contributed by atoms with van der Waals surface area (Å²) in [5, 5.41) is 0.571. The molecule has 0 radical (unpaired) electrons. The van der Waals surface area contributed by atoms with E-state index in [9.17, 15) is 9.59 Å². The third kappa shape index (κ3) is 4.31. The molecule has 4 nitrogen and oxygen atoms in total. The topological polar surface area (TPSA) is 52.6 Å². The minimum atomic E-state index is -0.619. The molecule has 0 aliphatic heterocycles. The molecule has 0 saturated carbocycles. The molecule has 0 aliphatic rings. The smallest absolute Gasteiger partial charge is 0.317 e. The Balaban J connectivity index is 2.40. The molecule has 0 aromatic heterocycles. The highest BCUT2D eigenvalue weighted by molar-refractivity contribution is 6.30. The minimum Gasteiger partial charge on any atom is -0.469 e. The van der Waals surface area contributed by atoms with Crippen molar-refractivity contribution in [2.45, 2.75) is 13.0 Å². The van der Waals surface area contributed by atoms with Crippen LogP contribution >= 0.6 is 11.6 Å². The number of carbonyl (C=O) groups is 2. The van der Waals surface area contributed by atoms with Crippen LogP contribution in [0.5, 0.6) is 0 Å². The standard InChI is InChI=1S/C11H11ClO4/c1-15-10(13)6-11(14)16-7-8-3-2-4-9(12)5-8/h2-5H,6-7H2,1H3. The normalized spacial score (nSPS) is 9.62. The van der Waals surface area contributed by atoms with E-state index in [1.807, 2.05) is 0 Å². The summed E-state index contributed by atoms with van der Waals surface area (Å²) in [6, 6.07) is 6.94. The lowest BCUT2D eigenvalue weighted by Gasteiger charge is -2.04. The van der Waals surface area contributed by atoms with Crippen molar-refractivity contribution in [1.82, 2.24) is 0 Å². The Kier molecular flexibility index (Phi) is 4.79. The van der Waals surface area contributed by atoms with Gasteiger partial charge in [-0.25, -0.2) is 0 Å². The molecule has 0 N–H and O–H groups in total. The maximum atomic E-state index is 11.1. The van der Waals surface area contributed by atoms with Gasteiger partial charge in [-0.05, 0) is 17.7 Å². The Labute approximate surface area is 98.1 Å². The maximum Gasteiger partial charge on any atom is 0.317 e. The van der Waals surface area contributed by atoms with E-state index in [1.165, 1.54) is 7.11 Å². The van der Waals surface area contributed by atoms with Crippen LogP contribution in [0.15, 0.2) is 24.3 Å². The number of methoxy groups -OCH3 is 1. The lowest BCUT2D eigenvalue weighted by Crippen LogP contribution is -2.12. The average Bonchev–Trinajstić information content (AvgIpc) is 2.26. The van der Waals surface area contributed by atoms with Gasteiger partial charge in [-0.2, -0.15) is 0 Å². The summed E-state index contributed by atoms with van der Waals surface area (Å²) in [5.41, 5.74) is 0.769. The van der Waals surface area contributed by atoms with Crippen molar-refractivity contribution < 1.29 is 19.1 Å². The third-order valence-electron chi connectivity index (χ3n) is 1.81. The van der Waals surface area contributed by atoms with Gasteiger partial charge in [0.15, 0.2) is 0 Å². The number of benzene rings is 1. The van der Waals surface area contributed by atoms with E-state index in [-0.39, 0.29) is 13.0 Å². The van der Waals surface area contributed by atoms with E-state index in [2.05, 4.69) is 4.74 Å². The number of hydrogen-bond acceptors (Lipinski definition) is 4. The van der Waals surface area contributed by atoms with Gasteiger partial charge in [-0.3, -0.25) is 9.59 Å². The molecule has 0 bridgehead atoms. The molecular weight excluding hydrogens is 232 g/mol. The molecule has 0 aliphatic carbocycles.